The molecule has 0 atom stereocenters. The summed E-state index contributed by atoms with van der Waals surface area (Å²) in [5.41, 5.74) is 3.74. The molecule has 1 heterocycles. The molecule has 0 radical (unpaired) electrons. The number of halogens is 2. The predicted molar refractivity (Wildman–Crippen MR) is 113 cm³/mol. The molecule has 142 valence electrons. The Labute approximate surface area is 168 Å². The predicted octanol–water partition coefficient (Wildman–Crippen LogP) is 4.96. The van der Waals surface area contributed by atoms with E-state index in [1.54, 1.807) is 0 Å². The van der Waals surface area contributed by atoms with Gasteiger partial charge in [-0.1, -0.05) is 36.4 Å². The van der Waals surface area contributed by atoms with Crippen molar-refractivity contribution in [3.63, 3.8) is 0 Å². The molecule has 0 aliphatic carbocycles. The molecule has 3 nitrogen and oxygen atoms in total. The first-order valence-corrected chi connectivity index (χ1v) is 9.56. The molecule has 1 aliphatic rings. The molecular formula is C21H28Cl2N2O. The van der Waals surface area contributed by atoms with Gasteiger partial charge in [-0.05, 0) is 37.1 Å². The minimum atomic E-state index is 0. The summed E-state index contributed by atoms with van der Waals surface area (Å²) in [5.74, 6) is 1.56. The van der Waals surface area contributed by atoms with E-state index in [1.807, 2.05) is 6.07 Å². The monoisotopic (exact) mass is 394 g/mol. The van der Waals surface area contributed by atoms with Crippen molar-refractivity contribution in [1.29, 1.82) is 0 Å². The fourth-order valence-corrected chi connectivity index (χ4v) is 3.45. The number of anilines is 1. The first-order valence-electron chi connectivity index (χ1n) is 9.02. The van der Waals surface area contributed by atoms with Crippen molar-refractivity contribution in [2.24, 2.45) is 0 Å². The van der Waals surface area contributed by atoms with Crippen LogP contribution < -0.4 is 9.64 Å². The summed E-state index contributed by atoms with van der Waals surface area (Å²) in [6.07, 6.45) is 0.191. The number of rotatable bonds is 6. The fraction of sp³-hybridized carbons (Fsp3) is 0.429. The molecule has 0 aromatic heterocycles. The van der Waals surface area contributed by atoms with E-state index < -0.39 is 0 Å². The molecule has 0 saturated carbocycles. The van der Waals surface area contributed by atoms with Gasteiger partial charge in [0.25, 0.3) is 0 Å². The minimum absolute atomic E-state index is 0. The quantitative estimate of drug-likeness (QED) is 0.644. The van der Waals surface area contributed by atoms with E-state index in [0.29, 0.717) is 5.88 Å². The maximum atomic E-state index is 5.98. The first-order chi connectivity index (χ1) is 12.2. The zero-order valence-electron chi connectivity index (χ0n) is 15.5. The third kappa shape index (κ3) is 5.54. The van der Waals surface area contributed by atoms with Crippen molar-refractivity contribution in [3.8, 4) is 5.75 Å². The van der Waals surface area contributed by atoms with Crippen LogP contribution in [0.2, 0.25) is 0 Å². The number of para-hydroxylation sites is 2. The van der Waals surface area contributed by atoms with Gasteiger partial charge >= 0.3 is 0 Å². The average Bonchev–Trinajstić information content (AvgIpc) is 2.63. The van der Waals surface area contributed by atoms with Crippen LogP contribution in [-0.4, -0.2) is 37.2 Å². The van der Waals surface area contributed by atoms with E-state index in [4.69, 9.17) is 16.3 Å². The Hall–Kier alpha value is -1.42. The van der Waals surface area contributed by atoms with Gasteiger partial charge in [-0.15, -0.1) is 24.0 Å². The zero-order chi connectivity index (χ0) is 17.6. The second kappa shape index (κ2) is 10.1. The van der Waals surface area contributed by atoms with Crippen LogP contribution in [0.5, 0.6) is 5.75 Å². The molecular weight excluding hydrogens is 367 g/mol. The highest BCUT2D eigenvalue weighted by Crippen LogP contribution is 2.29. The van der Waals surface area contributed by atoms with E-state index in [0.717, 1.165) is 38.5 Å². The van der Waals surface area contributed by atoms with Crippen molar-refractivity contribution in [1.82, 2.24) is 4.90 Å². The van der Waals surface area contributed by atoms with Gasteiger partial charge < -0.3 is 9.64 Å². The van der Waals surface area contributed by atoms with Crippen molar-refractivity contribution in [2.75, 3.05) is 31.1 Å². The third-order valence-electron chi connectivity index (χ3n) is 4.49. The Balaban J connectivity index is 0.00000243. The largest absolute Gasteiger partial charge is 0.489 e. The van der Waals surface area contributed by atoms with E-state index in [-0.39, 0.29) is 18.5 Å². The molecule has 1 saturated heterocycles. The Morgan fingerprint density at radius 2 is 1.65 bits per heavy atom. The number of hydrogen-bond donors (Lipinski definition) is 0. The normalized spacial score (nSPS) is 15.0. The van der Waals surface area contributed by atoms with Crippen molar-refractivity contribution < 1.29 is 4.74 Å². The highest BCUT2D eigenvalue weighted by molar-refractivity contribution is 6.17. The second-order valence-electron chi connectivity index (χ2n) is 6.85. The number of piperazine rings is 1. The molecule has 3 rings (SSSR count). The first kappa shape index (κ1) is 20.9. The lowest BCUT2D eigenvalue weighted by Gasteiger charge is -2.37. The Morgan fingerprint density at radius 1 is 0.962 bits per heavy atom. The van der Waals surface area contributed by atoms with Gasteiger partial charge in [-0.25, -0.2) is 0 Å². The van der Waals surface area contributed by atoms with Gasteiger partial charge in [0.2, 0.25) is 0 Å². The van der Waals surface area contributed by atoms with E-state index in [9.17, 15) is 0 Å². The Bertz CT molecular complexity index is 685. The maximum Gasteiger partial charge on any atom is 0.142 e. The lowest BCUT2D eigenvalue weighted by Crippen LogP contribution is -2.46. The van der Waals surface area contributed by atoms with E-state index in [2.05, 4.69) is 66.1 Å². The summed E-state index contributed by atoms with van der Waals surface area (Å²) in [6, 6.07) is 17.0. The summed E-state index contributed by atoms with van der Waals surface area (Å²) in [6.45, 7) is 9.29. The van der Waals surface area contributed by atoms with Crippen molar-refractivity contribution >= 4 is 29.7 Å². The summed E-state index contributed by atoms with van der Waals surface area (Å²) < 4.78 is 5.98. The molecule has 5 heteroatoms. The van der Waals surface area contributed by atoms with Crippen LogP contribution in [0.1, 0.15) is 25.0 Å². The number of benzene rings is 2. The van der Waals surface area contributed by atoms with Crippen LogP contribution in [0.15, 0.2) is 48.5 Å². The topological polar surface area (TPSA) is 15.7 Å². The Kier molecular flexibility index (Phi) is 8.08. The van der Waals surface area contributed by atoms with Gasteiger partial charge in [0.1, 0.15) is 5.75 Å². The maximum absolute atomic E-state index is 5.98. The van der Waals surface area contributed by atoms with E-state index in [1.165, 1.54) is 16.8 Å². The standard InChI is InChI=1S/C21H27ClN2O.ClH/c1-17(2)25-21-9-4-3-8-20(21)24-12-10-23(11-13-24)16-19-7-5-6-18(14-19)15-22;/h3-9,14,17H,10-13,15-16H2,1-2H3;1H. The Morgan fingerprint density at radius 3 is 2.35 bits per heavy atom. The van der Waals surface area contributed by atoms with Gasteiger partial charge in [0.15, 0.2) is 0 Å². The number of alkyl halides is 1. The minimum Gasteiger partial charge on any atom is -0.489 e. The van der Waals surface area contributed by atoms with Crippen LogP contribution in [0.25, 0.3) is 0 Å². The molecule has 1 aliphatic heterocycles. The number of hydrogen-bond acceptors (Lipinski definition) is 3. The summed E-state index contributed by atoms with van der Waals surface area (Å²) >= 11 is 5.95. The van der Waals surface area contributed by atoms with Crippen LogP contribution in [0, 0.1) is 0 Å². The van der Waals surface area contributed by atoms with Gasteiger partial charge in [-0.3, -0.25) is 4.90 Å². The molecule has 0 amide bonds. The SMILES string of the molecule is CC(C)Oc1ccccc1N1CCN(Cc2cccc(CCl)c2)CC1.Cl. The van der Waals surface area contributed by atoms with Crippen molar-refractivity contribution in [2.45, 2.75) is 32.4 Å². The number of nitrogens with zero attached hydrogens (tertiary/aromatic N) is 2. The number of ether oxygens (including phenoxy) is 1. The van der Waals surface area contributed by atoms with Gasteiger partial charge in [-0.2, -0.15) is 0 Å². The smallest absolute Gasteiger partial charge is 0.142 e. The highest BCUT2D eigenvalue weighted by Gasteiger charge is 2.20. The molecule has 0 spiro atoms. The molecule has 2 aromatic rings. The summed E-state index contributed by atoms with van der Waals surface area (Å²) in [5, 5.41) is 0. The van der Waals surface area contributed by atoms with Crippen LogP contribution in [0.4, 0.5) is 5.69 Å². The van der Waals surface area contributed by atoms with E-state index >= 15 is 0 Å². The summed E-state index contributed by atoms with van der Waals surface area (Å²) in [4.78, 5) is 4.94. The third-order valence-corrected chi connectivity index (χ3v) is 4.80. The fourth-order valence-electron chi connectivity index (χ4n) is 3.29. The van der Waals surface area contributed by atoms with Gasteiger partial charge in [0.05, 0.1) is 11.8 Å². The lowest BCUT2D eigenvalue weighted by atomic mass is 10.1. The molecule has 2 aromatic carbocycles. The molecule has 1 fully saturated rings. The molecule has 26 heavy (non-hydrogen) atoms. The van der Waals surface area contributed by atoms with Crippen LogP contribution in [-0.2, 0) is 12.4 Å². The molecule has 0 bridgehead atoms. The summed E-state index contributed by atoms with van der Waals surface area (Å²) in [7, 11) is 0. The van der Waals surface area contributed by atoms with Crippen LogP contribution in [0.3, 0.4) is 0 Å². The van der Waals surface area contributed by atoms with Crippen molar-refractivity contribution in [3.05, 3.63) is 59.7 Å². The molecule has 0 unspecified atom stereocenters. The molecule has 0 N–H and O–H groups in total. The second-order valence-corrected chi connectivity index (χ2v) is 7.12. The highest BCUT2D eigenvalue weighted by atomic mass is 35.5. The van der Waals surface area contributed by atoms with Gasteiger partial charge in [0, 0.05) is 38.6 Å². The van der Waals surface area contributed by atoms with Crippen LogP contribution >= 0.6 is 24.0 Å². The lowest BCUT2D eigenvalue weighted by molar-refractivity contribution is 0.235. The average molecular weight is 395 g/mol. The zero-order valence-corrected chi connectivity index (χ0v) is 17.1.